The summed E-state index contributed by atoms with van der Waals surface area (Å²) in [5, 5.41) is 2.92. The van der Waals surface area contributed by atoms with Crippen LogP contribution in [-0.2, 0) is 17.9 Å². The van der Waals surface area contributed by atoms with Gasteiger partial charge >= 0.3 is 0 Å². The second-order valence-electron chi connectivity index (χ2n) is 6.98. The molecule has 4 aromatic rings. The van der Waals surface area contributed by atoms with Crippen LogP contribution >= 0.6 is 0 Å². The molecular formula is C24H23N3O3. The number of imidazole rings is 1. The van der Waals surface area contributed by atoms with Crippen LogP contribution in [0.25, 0.3) is 11.0 Å². The molecule has 152 valence electrons. The van der Waals surface area contributed by atoms with Crippen molar-refractivity contribution in [2.75, 3.05) is 12.4 Å². The van der Waals surface area contributed by atoms with Gasteiger partial charge in [-0.2, -0.15) is 0 Å². The number of aromatic nitrogens is 2. The molecule has 0 saturated heterocycles. The van der Waals surface area contributed by atoms with Crippen molar-refractivity contribution in [2.24, 2.45) is 0 Å². The van der Waals surface area contributed by atoms with E-state index in [4.69, 9.17) is 9.47 Å². The van der Waals surface area contributed by atoms with Crippen molar-refractivity contribution >= 4 is 22.6 Å². The van der Waals surface area contributed by atoms with E-state index in [1.165, 1.54) is 5.56 Å². The lowest BCUT2D eigenvalue weighted by molar-refractivity contribution is -0.116. The molecule has 0 atom stereocenters. The van der Waals surface area contributed by atoms with Crippen molar-refractivity contribution in [1.29, 1.82) is 0 Å². The number of hydrogen-bond donors (Lipinski definition) is 1. The molecule has 0 aliphatic heterocycles. The third-order valence-corrected chi connectivity index (χ3v) is 4.78. The molecule has 0 spiro atoms. The number of carbonyl (C=O) groups excluding carboxylic acids is 1. The average molecular weight is 401 g/mol. The van der Waals surface area contributed by atoms with Crippen LogP contribution in [-0.4, -0.2) is 22.6 Å². The minimum absolute atomic E-state index is 0.129. The third kappa shape index (κ3) is 4.43. The molecule has 1 N–H and O–H groups in total. The van der Waals surface area contributed by atoms with Crippen LogP contribution in [0, 0.1) is 6.92 Å². The van der Waals surface area contributed by atoms with Crippen molar-refractivity contribution in [3.63, 3.8) is 0 Å². The maximum absolute atomic E-state index is 12.7. The van der Waals surface area contributed by atoms with Gasteiger partial charge in [0, 0.05) is 11.8 Å². The lowest BCUT2D eigenvalue weighted by atomic mass is 10.2. The topological polar surface area (TPSA) is 65.4 Å². The smallest absolute Gasteiger partial charge is 0.244 e. The average Bonchev–Trinajstić information content (AvgIpc) is 3.11. The Bertz CT molecular complexity index is 1170. The highest BCUT2D eigenvalue weighted by Gasteiger charge is 2.14. The van der Waals surface area contributed by atoms with Gasteiger partial charge in [-0.3, -0.25) is 4.79 Å². The van der Waals surface area contributed by atoms with Gasteiger partial charge in [0.1, 0.15) is 30.5 Å². The third-order valence-electron chi connectivity index (χ3n) is 4.78. The Hall–Kier alpha value is -3.80. The molecule has 0 aliphatic carbocycles. The molecule has 0 unspecified atom stereocenters. The summed E-state index contributed by atoms with van der Waals surface area (Å²) in [7, 11) is 1.60. The van der Waals surface area contributed by atoms with Gasteiger partial charge in [-0.05, 0) is 43.3 Å². The molecule has 1 aromatic heterocycles. The van der Waals surface area contributed by atoms with Gasteiger partial charge in [0.2, 0.25) is 5.91 Å². The van der Waals surface area contributed by atoms with Gasteiger partial charge in [0.05, 0.1) is 18.1 Å². The molecule has 6 nitrogen and oxygen atoms in total. The van der Waals surface area contributed by atoms with Crippen molar-refractivity contribution in [3.8, 4) is 11.5 Å². The fraction of sp³-hybridized carbons (Fsp3) is 0.167. The van der Waals surface area contributed by atoms with Crippen molar-refractivity contribution in [2.45, 2.75) is 20.1 Å². The van der Waals surface area contributed by atoms with E-state index in [0.29, 0.717) is 17.3 Å². The lowest BCUT2D eigenvalue weighted by Crippen LogP contribution is -2.20. The number of aryl methyl sites for hydroxylation is 1. The molecule has 0 aliphatic rings. The molecule has 4 rings (SSSR count). The summed E-state index contributed by atoms with van der Waals surface area (Å²) in [4.78, 5) is 17.4. The molecular weight excluding hydrogens is 378 g/mol. The van der Waals surface area contributed by atoms with Crippen LogP contribution in [0.1, 0.15) is 11.4 Å². The number of para-hydroxylation sites is 2. The van der Waals surface area contributed by atoms with Crippen molar-refractivity contribution in [3.05, 3.63) is 84.2 Å². The Morgan fingerprint density at radius 2 is 1.80 bits per heavy atom. The van der Waals surface area contributed by atoms with E-state index >= 15 is 0 Å². The predicted molar refractivity (Wildman–Crippen MR) is 117 cm³/mol. The number of anilines is 1. The molecule has 3 aromatic carbocycles. The Labute approximate surface area is 175 Å². The second kappa shape index (κ2) is 8.69. The van der Waals surface area contributed by atoms with E-state index in [1.807, 2.05) is 78.2 Å². The quantitative estimate of drug-likeness (QED) is 0.493. The zero-order valence-electron chi connectivity index (χ0n) is 17.0. The van der Waals surface area contributed by atoms with Crippen LogP contribution in [0.3, 0.4) is 0 Å². The first-order valence-corrected chi connectivity index (χ1v) is 9.70. The number of nitrogens with one attached hydrogen (secondary N) is 1. The van der Waals surface area contributed by atoms with E-state index < -0.39 is 0 Å². The lowest BCUT2D eigenvalue weighted by Gasteiger charge is -2.12. The van der Waals surface area contributed by atoms with Crippen LogP contribution in [0.15, 0.2) is 72.8 Å². The first kappa shape index (κ1) is 19.5. The second-order valence-corrected chi connectivity index (χ2v) is 6.98. The van der Waals surface area contributed by atoms with Crippen LogP contribution in [0.5, 0.6) is 11.5 Å². The van der Waals surface area contributed by atoms with E-state index in [1.54, 1.807) is 13.2 Å². The molecule has 0 saturated carbocycles. The molecule has 0 radical (unpaired) electrons. The van der Waals surface area contributed by atoms with Gasteiger partial charge in [0.25, 0.3) is 0 Å². The summed E-state index contributed by atoms with van der Waals surface area (Å²) in [6, 6.07) is 22.9. The monoisotopic (exact) mass is 401 g/mol. The largest absolute Gasteiger partial charge is 0.497 e. The standard InChI is InChI=1S/C24H23N3O3/c1-17-10-12-19(13-11-17)30-16-23-26-21-8-3-4-9-22(21)27(23)15-24(28)25-18-6-5-7-20(14-18)29-2/h3-14H,15-16H2,1-2H3,(H,25,28). The fourth-order valence-corrected chi connectivity index (χ4v) is 3.24. The summed E-state index contributed by atoms with van der Waals surface area (Å²) in [6.07, 6.45) is 0. The van der Waals surface area contributed by atoms with Gasteiger partial charge in [-0.1, -0.05) is 35.9 Å². The predicted octanol–water partition coefficient (Wildman–Crippen LogP) is 4.57. The van der Waals surface area contributed by atoms with E-state index in [0.717, 1.165) is 16.8 Å². The first-order valence-electron chi connectivity index (χ1n) is 9.70. The number of carbonyl (C=O) groups is 1. The minimum Gasteiger partial charge on any atom is -0.497 e. The number of methoxy groups -OCH3 is 1. The molecule has 1 heterocycles. The van der Waals surface area contributed by atoms with Crippen LogP contribution < -0.4 is 14.8 Å². The highest BCUT2D eigenvalue weighted by molar-refractivity contribution is 5.92. The Morgan fingerprint density at radius 3 is 2.60 bits per heavy atom. The van der Waals surface area contributed by atoms with E-state index in [2.05, 4.69) is 10.3 Å². The van der Waals surface area contributed by atoms with Gasteiger partial charge in [-0.15, -0.1) is 0 Å². The van der Waals surface area contributed by atoms with E-state index in [-0.39, 0.29) is 19.1 Å². The fourth-order valence-electron chi connectivity index (χ4n) is 3.24. The molecule has 1 amide bonds. The summed E-state index contributed by atoms with van der Waals surface area (Å²) >= 11 is 0. The van der Waals surface area contributed by atoms with Crippen molar-refractivity contribution < 1.29 is 14.3 Å². The van der Waals surface area contributed by atoms with Crippen LogP contribution in [0.4, 0.5) is 5.69 Å². The zero-order valence-corrected chi connectivity index (χ0v) is 17.0. The summed E-state index contributed by atoms with van der Waals surface area (Å²) < 4.78 is 13.0. The molecule has 6 heteroatoms. The molecule has 0 fully saturated rings. The van der Waals surface area contributed by atoms with E-state index in [9.17, 15) is 4.79 Å². The number of fused-ring (bicyclic) bond motifs is 1. The van der Waals surface area contributed by atoms with Gasteiger partial charge < -0.3 is 19.4 Å². The highest BCUT2D eigenvalue weighted by atomic mass is 16.5. The van der Waals surface area contributed by atoms with Crippen LogP contribution in [0.2, 0.25) is 0 Å². The first-order chi connectivity index (χ1) is 14.6. The number of amides is 1. The zero-order chi connectivity index (χ0) is 20.9. The summed E-state index contributed by atoms with van der Waals surface area (Å²) in [5.74, 6) is 1.99. The molecule has 30 heavy (non-hydrogen) atoms. The number of nitrogens with zero attached hydrogens (tertiary/aromatic N) is 2. The minimum atomic E-state index is -0.150. The number of hydrogen-bond acceptors (Lipinski definition) is 4. The summed E-state index contributed by atoms with van der Waals surface area (Å²) in [6.45, 7) is 2.43. The number of rotatable bonds is 7. The normalized spacial score (nSPS) is 10.7. The maximum atomic E-state index is 12.7. The van der Waals surface area contributed by atoms with Gasteiger partial charge in [0.15, 0.2) is 0 Å². The van der Waals surface area contributed by atoms with Crippen molar-refractivity contribution in [1.82, 2.24) is 9.55 Å². The number of ether oxygens (including phenoxy) is 2. The number of benzene rings is 3. The SMILES string of the molecule is COc1cccc(NC(=O)Cn2c(COc3ccc(C)cc3)nc3ccccc32)c1. The summed E-state index contributed by atoms with van der Waals surface area (Å²) in [5.41, 5.74) is 3.57. The molecule has 0 bridgehead atoms. The highest BCUT2D eigenvalue weighted by Crippen LogP contribution is 2.20. The Kier molecular flexibility index (Phi) is 5.66. The Balaban J connectivity index is 1.54. The Morgan fingerprint density at radius 1 is 1.00 bits per heavy atom. The maximum Gasteiger partial charge on any atom is 0.244 e. The van der Waals surface area contributed by atoms with Gasteiger partial charge in [-0.25, -0.2) is 4.98 Å².